The maximum atomic E-state index is 9.65. The van der Waals surface area contributed by atoms with Crippen LogP contribution in [0.1, 0.15) is 46.0 Å². The molecule has 0 aliphatic heterocycles. The zero-order chi connectivity index (χ0) is 11.8. The van der Waals surface area contributed by atoms with Crippen molar-refractivity contribution < 1.29 is 5.11 Å². The van der Waals surface area contributed by atoms with Crippen LogP contribution in [0.15, 0.2) is 0 Å². The Morgan fingerprint density at radius 1 is 1.38 bits per heavy atom. The first-order valence-electron chi connectivity index (χ1n) is 6.67. The Kier molecular flexibility index (Phi) is 3.57. The molecule has 2 saturated carbocycles. The minimum Gasteiger partial charge on any atom is -0.394 e. The van der Waals surface area contributed by atoms with E-state index in [0.717, 1.165) is 12.8 Å². The quantitative estimate of drug-likeness (QED) is 0.743. The minimum absolute atomic E-state index is 0.0228. The van der Waals surface area contributed by atoms with Crippen molar-refractivity contribution >= 4 is 0 Å². The highest BCUT2D eigenvalue weighted by atomic mass is 16.3. The van der Waals surface area contributed by atoms with Crippen LogP contribution in [-0.2, 0) is 0 Å². The third kappa shape index (κ3) is 2.58. The number of aliphatic hydroxyl groups is 1. The molecule has 2 aliphatic carbocycles. The highest BCUT2D eigenvalue weighted by Crippen LogP contribution is 2.36. The van der Waals surface area contributed by atoms with Crippen molar-refractivity contribution in [1.29, 1.82) is 0 Å². The molecule has 94 valence electrons. The zero-order valence-electron chi connectivity index (χ0n) is 10.9. The predicted molar refractivity (Wildman–Crippen MR) is 66.5 cm³/mol. The summed E-state index contributed by atoms with van der Waals surface area (Å²) in [6.07, 6.45) is 6.05. The van der Waals surface area contributed by atoms with Crippen LogP contribution in [0.5, 0.6) is 0 Å². The number of hydrogen-bond donors (Lipinski definition) is 2. The van der Waals surface area contributed by atoms with Crippen LogP contribution >= 0.6 is 0 Å². The molecule has 0 amide bonds. The molecule has 2 N–H and O–H groups in total. The van der Waals surface area contributed by atoms with E-state index in [2.05, 4.69) is 31.1 Å². The van der Waals surface area contributed by atoms with E-state index in [9.17, 15) is 5.11 Å². The number of nitrogens with zero attached hydrogens (tertiary/aromatic N) is 1. The van der Waals surface area contributed by atoms with Crippen LogP contribution in [-0.4, -0.2) is 47.3 Å². The molecule has 0 saturated heterocycles. The standard InChI is InChI=1S/C13H26N2O/c1-10(2)15(3)12-6-7-13(8-12,9-16)14-11-4-5-11/h10-12,14,16H,4-9H2,1-3H3. The molecule has 2 aliphatic rings. The van der Waals surface area contributed by atoms with Crippen molar-refractivity contribution in [2.75, 3.05) is 13.7 Å². The van der Waals surface area contributed by atoms with Crippen LogP contribution in [0.2, 0.25) is 0 Å². The first kappa shape index (κ1) is 12.3. The van der Waals surface area contributed by atoms with Crippen LogP contribution < -0.4 is 5.32 Å². The summed E-state index contributed by atoms with van der Waals surface area (Å²) in [4.78, 5) is 2.45. The zero-order valence-corrected chi connectivity index (χ0v) is 10.9. The highest BCUT2D eigenvalue weighted by Gasteiger charge is 2.43. The van der Waals surface area contributed by atoms with Crippen LogP contribution in [0, 0.1) is 0 Å². The molecule has 2 fully saturated rings. The van der Waals surface area contributed by atoms with Gasteiger partial charge in [0.2, 0.25) is 0 Å². The molecule has 0 bridgehead atoms. The van der Waals surface area contributed by atoms with Crippen molar-refractivity contribution in [3.63, 3.8) is 0 Å². The molecular formula is C13H26N2O. The Morgan fingerprint density at radius 3 is 2.56 bits per heavy atom. The topological polar surface area (TPSA) is 35.5 Å². The average molecular weight is 226 g/mol. The largest absolute Gasteiger partial charge is 0.394 e. The summed E-state index contributed by atoms with van der Waals surface area (Å²) in [5.41, 5.74) is 0.0228. The lowest BCUT2D eigenvalue weighted by Crippen LogP contribution is -2.49. The van der Waals surface area contributed by atoms with Gasteiger partial charge in [-0.2, -0.15) is 0 Å². The van der Waals surface area contributed by atoms with Crippen molar-refractivity contribution in [1.82, 2.24) is 10.2 Å². The molecule has 0 aromatic rings. The van der Waals surface area contributed by atoms with E-state index in [4.69, 9.17) is 0 Å². The van der Waals surface area contributed by atoms with E-state index in [0.29, 0.717) is 24.7 Å². The second-order valence-corrected chi connectivity index (χ2v) is 6.01. The highest BCUT2D eigenvalue weighted by molar-refractivity contribution is 5.03. The van der Waals surface area contributed by atoms with Gasteiger partial charge in [0.05, 0.1) is 6.61 Å². The molecule has 0 heterocycles. The van der Waals surface area contributed by atoms with E-state index in [1.165, 1.54) is 19.3 Å². The Labute approximate surface area is 99.2 Å². The van der Waals surface area contributed by atoms with Gasteiger partial charge in [-0.3, -0.25) is 0 Å². The van der Waals surface area contributed by atoms with Crippen molar-refractivity contribution in [2.45, 2.75) is 69.6 Å². The molecular weight excluding hydrogens is 200 g/mol. The maximum absolute atomic E-state index is 9.65. The van der Waals surface area contributed by atoms with Crippen molar-refractivity contribution in [3.05, 3.63) is 0 Å². The van der Waals surface area contributed by atoms with Gasteiger partial charge in [0.15, 0.2) is 0 Å². The van der Waals surface area contributed by atoms with Gasteiger partial charge in [0.25, 0.3) is 0 Å². The van der Waals surface area contributed by atoms with Gasteiger partial charge < -0.3 is 15.3 Å². The fraction of sp³-hybridized carbons (Fsp3) is 1.00. The molecule has 2 rings (SSSR count). The number of rotatable bonds is 5. The average Bonchev–Trinajstić information content (AvgIpc) is 2.95. The van der Waals surface area contributed by atoms with Crippen LogP contribution in [0.25, 0.3) is 0 Å². The molecule has 0 aromatic heterocycles. The summed E-state index contributed by atoms with van der Waals surface area (Å²) >= 11 is 0. The lowest BCUT2D eigenvalue weighted by Gasteiger charge is -2.32. The molecule has 3 heteroatoms. The second kappa shape index (κ2) is 4.63. The molecule has 3 nitrogen and oxygen atoms in total. The lowest BCUT2D eigenvalue weighted by molar-refractivity contribution is 0.140. The number of aliphatic hydroxyl groups excluding tert-OH is 1. The first-order chi connectivity index (χ1) is 7.56. The van der Waals surface area contributed by atoms with Gasteiger partial charge in [-0.05, 0) is 53.0 Å². The summed E-state index contributed by atoms with van der Waals surface area (Å²) in [5, 5.41) is 13.3. The monoisotopic (exact) mass is 226 g/mol. The minimum atomic E-state index is 0.0228. The van der Waals surface area contributed by atoms with Gasteiger partial charge in [-0.25, -0.2) is 0 Å². The van der Waals surface area contributed by atoms with E-state index in [1.807, 2.05) is 0 Å². The molecule has 0 spiro atoms. The third-order valence-corrected chi connectivity index (χ3v) is 4.36. The summed E-state index contributed by atoms with van der Waals surface area (Å²) in [6.45, 7) is 4.78. The third-order valence-electron chi connectivity index (χ3n) is 4.36. The smallest absolute Gasteiger partial charge is 0.0614 e. The number of nitrogens with one attached hydrogen (secondary N) is 1. The van der Waals surface area contributed by atoms with Gasteiger partial charge in [-0.1, -0.05) is 0 Å². The van der Waals surface area contributed by atoms with Crippen molar-refractivity contribution in [2.24, 2.45) is 0 Å². The van der Waals surface area contributed by atoms with E-state index < -0.39 is 0 Å². The van der Waals surface area contributed by atoms with Crippen LogP contribution in [0.3, 0.4) is 0 Å². The summed E-state index contributed by atoms with van der Waals surface area (Å²) in [7, 11) is 2.21. The van der Waals surface area contributed by atoms with Gasteiger partial charge in [0.1, 0.15) is 0 Å². The van der Waals surface area contributed by atoms with Crippen molar-refractivity contribution in [3.8, 4) is 0 Å². The number of hydrogen-bond acceptors (Lipinski definition) is 3. The van der Waals surface area contributed by atoms with Gasteiger partial charge >= 0.3 is 0 Å². The van der Waals surface area contributed by atoms with Gasteiger partial charge in [-0.15, -0.1) is 0 Å². The molecule has 0 aromatic carbocycles. The van der Waals surface area contributed by atoms with E-state index >= 15 is 0 Å². The Bertz CT molecular complexity index is 240. The van der Waals surface area contributed by atoms with Gasteiger partial charge in [0, 0.05) is 23.7 Å². The second-order valence-electron chi connectivity index (χ2n) is 6.01. The molecule has 0 radical (unpaired) electrons. The van der Waals surface area contributed by atoms with Crippen LogP contribution in [0.4, 0.5) is 0 Å². The summed E-state index contributed by atoms with van der Waals surface area (Å²) in [6, 6.07) is 1.93. The fourth-order valence-corrected chi connectivity index (χ4v) is 2.85. The summed E-state index contributed by atoms with van der Waals surface area (Å²) in [5.74, 6) is 0. The lowest BCUT2D eigenvalue weighted by atomic mass is 9.98. The molecule has 16 heavy (non-hydrogen) atoms. The predicted octanol–water partition coefficient (Wildman–Crippen LogP) is 1.36. The maximum Gasteiger partial charge on any atom is 0.0614 e. The normalized spacial score (nSPS) is 35.2. The first-order valence-corrected chi connectivity index (χ1v) is 6.67. The van der Waals surface area contributed by atoms with E-state index in [1.54, 1.807) is 0 Å². The fourth-order valence-electron chi connectivity index (χ4n) is 2.85. The Balaban J connectivity index is 1.92. The molecule has 2 atom stereocenters. The molecule has 2 unspecified atom stereocenters. The van der Waals surface area contributed by atoms with E-state index in [-0.39, 0.29) is 5.54 Å². The summed E-state index contributed by atoms with van der Waals surface area (Å²) < 4.78 is 0. The Morgan fingerprint density at radius 2 is 2.06 bits per heavy atom. The SMILES string of the molecule is CC(C)N(C)C1CCC(CO)(NC2CC2)C1. The Hall–Kier alpha value is -0.120.